The van der Waals surface area contributed by atoms with E-state index >= 15 is 0 Å². The van der Waals surface area contributed by atoms with Gasteiger partial charge < -0.3 is 26.3 Å². The predicted molar refractivity (Wildman–Crippen MR) is 91.0 cm³/mol. The van der Waals surface area contributed by atoms with Crippen LogP contribution in [0.4, 0.5) is 13.2 Å². The fraction of sp³-hybridized carbons (Fsp3) is 0.375. The number of oxime groups is 1. The lowest BCUT2D eigenvalue weighted by atomic mass is 10.0. The second-order valence-corrected chi connectivity index (χ2v) is 6.31. The lowest BCUT2D eigenvalue weighted by molar-refractivity contribution is -0.192. The van der Waals surface area contributed by atoms with Crippen LogP contribution >= 0.6 is 0 Å². The number of aliphatic carboxylic acids is 1. The molecular weight excluding hydrogens is 353 g/mol. The first-order valence-corrected chi connectivity index (χ1v) is 7.51. The van der Waals surface area contributed by atoms with Crippen LogP contribution in [-0.2, 0) is 11.3 Å². The van der Waals surface area contributed by atoms with Gasteiger partial charge in [-0.15, -0.1) is 0 Å². The summed E-state index contributed by atoms with van der Waals surface area (Å²) in [4.78, 5) is 8.90. The van der Waals surface area contributed by atoms with Crippen molar-refractivity contribution in [2.75, 3.05) is 0 Å². The van der Waals surface area contributed by atoms with Gasteiger partial charge in [0, 0.05) is 34.7 Å². The summed E-state index contributed by atoms with van der Waals surface area (Å²) in [7, 11) is 0. The molecule has 1 aromatic carbocycles. The largest absolute Gasteiger partial charge is 0.490 e. The molecule has 0 atom stereocenters. The van der Waals surface area contributed by atoms with Crippen molar-refractivity contribution in [2.45, 2.75) is 38.5 Å². The van der Waals surface area contributed by atoms with E-state index in [-0.39, 0.29) is 11.4 Å². The number of halogens is 3. The molecule has 10 heteroatoms. The second-order valence-electron chi connectivity index (χ2n) is 6.31. The Morgan fingerprint density at radius 3 is 2.31 bits per heavy atom. The molecule has 0 saturated heterocycles. The molecule has 0 radical (unpaired) electrons. The number of aromatic nitrogens is 1. The minimum atomic E-state index is -5.08. The normalized spacial score (nSPS) is 12.6. The van der Waals surface area contributed by atoms with E-state index < -0.39 is 12.1 Å². The number of carboxylic acids is 1. The molecule has 144 valence electrons. The third kappa shape index (κ3) is 6.28. The molecule has 7 nitrogen and oxygen atoms in total. The maximum Gasteiger partial charge on any atom is 0.490 e. The van der Waals surface area contributed by atoms with Crippen LogP contribution in [0.25, 0.3) is 10.9 Å². The van der Waals surface area contributed by atoms with Crippen molar-refractivity contribution in [2.24, 2.45) is 16.6 Å². The SMILES string of the molecule is CC(C)(N)CCn1ccc2cc(C(N)=NO)ccc21.O=C(O)C(F)(F)F. The molecule has 1 heterocycles. The second kappa shape index (κ2) is 8.09. The van der Waals surface area contributed by atoms with Gasteiger partial charge in [-0.3, -0.25) is 0 Å². The summed E-state index contributed by atoms with van der Waals surface area (Å²) in [6, 6.07) is 7.76. The zero-order chi connectivity index (χ0) is 20.1. The van der Waals surface area contributed by atoms with E-state index in [1.165, 1.54) is 0 Å². The standard InChI is InChI=1S/C14H20N4O.C2HF3O2/c1-14(2,16)6-8-18-7-5-10-9-11(13(15)17-19)3-4-12(10)18;3-2(4,5)1(6)7/h3-5,7,9,19H,6,8,16H2,1-2H3,(H2,15,17);(H,6,7). The Morgan fingerprint density at radius 1 is 1.27 bits per heavy atom. The van der Waals surface area contributed by atoms with Crippen LogP contribution in [0, 0.1) is 0 Å². The fourth-order valence-electron chi connectivity index (χ4n) is 2.02. The molecule has 0 fully saturated rings. The van der Waals surface area contributed by atoms with Crippen molar-refractivity contribution in [1.82, 2.24) is 4.57 Å². The number of carbonyl (C=O) groups is 1. The third-order valence-corrected chi connectivity index (χ3v) is 3.41. The number of fused-ring (bicyclic) bond motifs is 1. The van der Waals surface area contributed by atoms with Crippen molar-refractivity contribution >= 4 is 22.7 Å². The molecule has 0 spiro atoms. The van der Waals surface area contributed by atoms with Crippen LogP contribution in [0.2, 0.25) is 0 Å². The highest BCUT2D eigenvalue weighted by molar-refractivity contribution is 6.00. The number of aryl methyl sites for hydroxylation is 1. The van der Waals surface area contributed by atoms with Gasteiger partial charge in [0.2, 0.25) is 0 Å². The van der Waals surface area contributed by atoms with Crippen molar-refractivity contribution in [1.29, 1.82) is 0 Å². The van der Waals surface area contributed by atoms with Crippen LogP contribution in [-0.4, -0.2) is 38.4 Å². The van der Waals surface area contributed by atoms with Gasteiger partial charge in [-0.2, -0.15) is 13.2 Å². The van der Waals surface area contributed by atoms with Gasteiger partial charge in [-0.1, -0.05) is 5.16 Å². The number of nitrogens with two attached hydrogens (primary N) is 2. The van der Waals surface area contributed by atoms with Crippen molar-refractivity contribution < 1.29 is 28.3 Å². The first-order chi connectivity index (χ1) is 11.8. The minimum Gasteiger partial charge on any atom is -0.475 e. The lowest BCUT2D eigenvalue weighted by Crippen LogP contribution is -2.33. The van der Waals surface area contributed by atoms with E-state index in [0.717, 1.165) is 23.9 Å². The maximum absolute atomic E-state index is 10.6. The van der Waals surface area contributed by atoms with Gasteiger partial charge in [-0.25, -0.2) is 4.79 Å². The number of nitrogens with zero attached hydrogens (tertiary/aromatic N) is 2. The first-order valence-electron chi connectivity index (χ1n) is 7.51. The molecule has 0 aliphatic rings. The fourth-order valence-corrected chi connectivity index (χ4v) is 2.02. The highest BCUT2D eigenvalue weighted by Crippen LogP contribution is 2.19. The minimum absolute atomic E-state index is 0.123. The van der Waals surface area contributed by atoms with E-state index in [4.69, 9.17) is 26.6 Å². The number of rotatable bonds is 4. The highest BCUT2D eigenvalue weighted by atomic mass is 19.4. The van der Waals surface area contributed by atoms with E-state index in [9.17, 15) is 13.2 Å². The molecule has 0 aliphatic heterocycles. The number of hydrogen-bond donors (Lipinski definition) is 4. The topological polar surface area (TPSA) is 127 Å². The monoisotopic (exact) mass is 374 g/mol. The van der Waals surface area contributed by atoms with Gasteiger partial charge in [0.05, 0.1) is 0 Å². The number of benzene rings is 1. The van der Waals surface area contributed by atoms with E-state index in [1.54, 1.807) is 0 Å². The molecule has 0 unspecified atom stereocenters. The summed E-state index contributed by atoms with van der Waals surface area (Å²) in [5.74, 6) is -2.63. The van der Waals surface area contributed by atoms with Gasteiger partial charge >= 0.3 is 12.1 Å². The quantitative estimate of drug-likeness (QED) is 0.283. The number of amidine groups is 1. The molecule has 0 saturated carbocycles. The Morgan fingerprint density at radius 2 is 1.85 bits per heavy atom. The van der Waals surface area contributed by atoms with Crippen LogP contribution in [0.15, 0.2) is 35.6 Å². The first kappa shape index (κ1) is 21.3. The van der Waals surface area contributed by atoms with Crippen molar-refractivity contribution in [3.63, 3.8) is 0 Å². The van der Waals surface area contributed by atoms with Crippen molar-refractivity contribution in [3.8, 4) is 0 Å². The average Bonchev–Trinajstić information content (AvgIpc) is 2.93. The van der Waals surface area contributed by atoms with Crippen LogP contribution in [0.1, 0.15) is 25.8 Å². The Balaban J connectivity index is 0.000000412. The highest BCUT2D eigenvalue weighted by Gasteiger charge is 2.38. The molecule has 26 heavy (non-hydrogen) atoms. The van der Waals surface area contributed by atoms with Gasteiger partial charge in [0.15, 0.2) is 5.84 Å². The van der Waals surface area contributed by atoms with Gasteiger partial charge in [-0.05, 0) is 44.5 Å². The summed E-state index contributed by atoms with van der Waals surface area (Å²) in [6.45, 7) is 4.92. The molecule has 2 aromatic rings. The zero-order valence-corrected chi connectivity index (χ0v) is 14.3. The molecular formula is C16H21F3N4O3. The summed E-state index contributed by atoms with van der Waals surface area (Å²) in [6.07, 6.45) is -2.15. The zero-order valence-electron chi connectivity index (χ0n) is 14.3. The number of carboxylic acid groups (broad SMARTS) is 1. The molecule has 0 aliphatic carbocycles. The number of alkyl halides is 3. The summed E-state index contributed by atoms with van der Waals surface area (Å²) < 4.78 is 33.9. The van der Waals surface area contributed by atoms with Crippen LogP contribution < -0.4 is 11.5 Å². The molecule has 1 aromatic heterocycles. The lowest BCUT2D eigenvalue weighted by Gasteiger charge is -2.18. The predicted octanol–water partition coefficient (Wildman–Crippen LogP) is 2.50. The smallest absolute Gasteiger partial charge is 0.475 e. The summed E-state index contributed by atoms with van der Waals surface area (Å²) >= 11 is 0. The van der Waals surface area contributed by atoms with Gasteiger partial charge in [0.25, 0.3) is 0 Å². The Kier molecular flexibility index (Phi) is 6.62. The maximum atomic E-state index is 10.6. The van der Waals surface area contributed by atoms with Crippen molar-refractivity contribution in [3.05, 3.63) is 36.0 Å². The third-order valence-electron chi connectivity index (χ3n) is 3.41. The molecule has 0 bridgehead atoms. The van der Waals surface area contributed by atoms with E-state index in [2.05, 4.69) is 9.72 Å². The molecule has 6 N–H and O–H groups in total. The molecule has 2 rings (SSSR count). The molecule has 0 amide bonds. The summed E-state index contributed by atoms with van der Waals surface area (Å²) in [5.41, 5.74) is 13.3. The van der Waals surface area contributed by atoms with Crippen LogP contribution in [0.5, 0.6) is 0 Å². The number of hydrogen-bond acceptors (Lipinski definition) is 4. The van der Waals surface area contributed by atoms with Crippen LogP contribution in [0.3, 0.4) is 0 Å². The van der Waals surface area contributed by atoms with Gasteiger partial charge in [0.1, 0.15) is 0 Å². The summed E-state index contributed by atoms with van der Waals surface area (Å²) in [5, 5.41) is 19.9. The average molecular weight is 374 g/mol. The van der Waals surface area contributed by atoms with E-state index in [0.29, 0.717) is 5.56 Å². The Bertz CT molecular complexity index is 792. The Hall–Kier alpha value is -2.75. The Labute approximate surface area is 147 Å². The van der Waals surface area contributed by atoms with E-state index in [1.807, 2.05) is 44.3 Å².